The molecule has 0 radical (unpaired) electrons. The summed E-state index contributed by atoms with van der Waals surface area (Å²) >= 11 is 0. The maximum atomic E-state index is 12.8. The Hall–Kier alpha value is -2.38. The number of hydrogen-bond acceptors (Lipinski definition) is 5. The predicted molar refractivity (Wildman–Crippen MR) is 101 cm³/mol. The summed E-state index contributed by atoms with van der Waals surface area (Å²) in [6, 6.07) is 0. The van der Waals surface area contributed by atoms with Crippen LogP contribution in [-0.4, -0.2) is 71.9 Å². The van der Waals surface area contributed by atoms with Gasteiger partial charge in [-0.3, -0.25) is 19.4 Å². The van der Waals surface area contributed by atoms with E-state index >= 15 is 0 Å². The van der Waals surface area contributed by atoms with Gasteiger partial charge < -0.3 is 14.7 Å². The molecular formula is C19H27N5O3. The number of fused-ring (bicyclic) bond motifs is 2. The molecule has 3 aliphatic rings. The first-order valence-corrected chi connectivity index (χ1v) is 9.76. The molecule has 3 heterocycles. The lowest BCUT2D eigenvalue weighted by molar-refractivity contribution is -0.139. The molecule has 2 aliphatic heterocycles. The zero-order valence-electron chi connectivity index (χ0n) is 16.1. The molecule has 0 aromatic carbocycles. The number of nitrogens with one attached hydrogen (secondary N) is 1. The van der Waals surface area contributed by atoms with Crippen molar-refractivity contribution in [3.05, 3.63) is 21.6 Å². The molecule has 1 aromatic rings. The van der Waals surface area contributed by atoms with Gasteiger partial charge in [-0.2, -0.15) is 0 Å². The molecule has 4 rings (SSSR count). The maximum absolute atomic E-state index is 12.8. The average molecular weight is 373 g/mol. The number of aromatic amines is 1. The summed E-state index contributed by atoms with van der Waals surface area (Å²) in [5.41, 5.74) is 1.33. The van der Waals surface area contributed by atoms with Crippen LogP contribution in [0.2, 0.25) is 0 Å². The number of likely N-dealkylation sites (tertiary alicyclic amines) is 2. The number of carbonyl (C=O) groups is 2. The molecule has 1 atom stereocenters. The molecule has 1 unspecified atom stereocenters. The molecule has 1 N–H and O–H groups in total. The maximum Gasteiger partial charge on any atom is 0.255 e. The van der Waals surface area contributed by atoms with Crippen LogP contribution in [0.15, 0.2) is 4.79 Å². The second-order valence-electron chi connectivity index (χ2n) is 8.23. The summed E-state index contributed by atoms with van der Waals surface area (Å²) in [6.45, 7) is 2.15. The van der Waals surface area contributed by atoms with Crippen LogP contribution in [0.4, 0.5) is 5.95 Å². The van der Waals surface area contributed by atoms with E-state index in [0.717, 1.165) is 36.9 Å². The number of nitrogens with zero attached hydrogens (tertiary/aromatic N) is 4. The quantitative estimate of drug-likeness (QED) is 0.821. The van der Waals surface area contributed by atoms with Crippen molar-refractivity contribution >= 4 is 17.8 Å². The summed E-state index contributed by atoms with van der Waals surface area (Å²) in [7, 11) is 3.71. The molecule has 2 fully saturated rings. The van der Waals surface area contributed by atoms with E-state index in [-0.39, 0.29) is 29.3 Å². The van der Waals surface area contributed by atoms with Crippen molar-refractivity contribution in [2.24, 2.45) is 0 Å². The van der Waals surface area contributed by atoms with Crippen molar-refractivity contribution in [1.82, 2.24) is 19.8 Å². The number of H-pyrrole nitrogens is 1. The second kappa shape index (κ2) is 6.65. The van der Waals surface area contributed by atoms with E-state index in [1.807, 2.05) is 19.0 Å². The van der Waals surface area contributed by atoms with Gasteiger partial charge in [-0.25, -0.2) is 4.98 Å². The Balaban J connectivity index is 1.58. The topological polar surface area (TPSA) is 89.6 Å². The van der Waals surface area contributed by atoms with Crippen molar-refractivity contribution in [2.45, 2.75) is 43.9 Å². The van der Waals surface area contributed by atoms with Gasteiger partial charge in [-0.1, -0.05) is 0 Å². The van der Waals surface area contributed by atoms with Crippen LogP contribution < -0.4 is 10.5 Å². The molecule has 1 aliphatic carbocycles. The highest BCUT2D eigenvalue weighted by atomic mass is 16.2. The molecule has 1 spiro atoms. The molecule has 146 valence electrons. The first-order chi connectivity index (χ1) is 12.9. The van der Waals surface area contributed by atoms with Gasteiger partial charge in [0, 0.05) is 51.1 Å². The van der Waals surface area contributed by atoms with Gasteiger partial charge in [0.1, 0.15) is 0 Å². The zero-order chi connectivity index (χ0) is 19.2. The van der Waals surface area contributed by atoms with Gasteiger partial charge in [-0.15, -0.1) is 0 Å². The normalized spacial score (nSPS) is 24.6. The minimum absolute atomic E-state index is 0.00967. The number of rotatable bonds is 3. The Kier molecular flexibility index (Phi) is 4.44. The fourth-order valence-corrected chi connectivity index (χ4v) is 4.73. The molecule has 0 bridgehead atoms. The SMILES string of the molecule is CN(C)c1nc2c(c(=O)[nH]1)CCC21CCCN(C(=O)CN2CCCC2=O)C1. The highest BCUT2D eigenvalue weighted by Gasteiger charge is 2.46. The molecule has 27 heavy (non-hydrogen) atoms. The summed E-state index contributed by atoms with van der Waals surface area (Å²) < 4.78 is 0. The highest BCUT2D eigenvalue weighted by Crippen LogP contribution is 2.43. The van der Waals surface area contributed by atoms with Gasteiger partial charge in [0.25, 0.3) is 5.56 Å². The van der Waals surface area contributed by atoms with Gasteiger partial charge in [0.05, 0.1) is 12.2 Å². The lowest BCUT2D eigenvalue weighted by Gasteiger charge is -2.41. The molecule has 0 saturated carbocycles. The van der Waals surface area contributed by atoms with Crippen LogP contribution in [0.3, 0.4) is 0 Å². The Labute approximate surface area is 158 Å². The molecule has 8 nitrogen and oxygen atoms in total. The third kappa shape index (κ3) is 3.11. The summed E-state index contributed by atoms with van der Waals surface area (Å²) in [5.74, 6) is 0.645. The minimum atomic E-state index is -0.239. The van der Waals surface area contributed by atoms with E-state index in [9.17, 15) is 14.4 Å². The zero-order valence-corrected chi connectivity index (χ0v) is 16.1. The third-order valence-electron chi connectivity index (χ3n) is 6.21. The Morgan fingerprint density at radius 2 is 2.00 bits per heavy atom. The average Bonchev–Trinajstić information content (AvgIpc) is 3.20. The Bertz CT molecular complexity index is 833. The molecule has 2 amide bonds. The van der Waals surface area contributed by atoms with Gasteiger partial charge in [-0.05, 0) is 32.1 Å². The van der Waals surface area contributed by atoms with Crippen LogP contribution in [0, 0.1) is 0 Å². The number of hydrogen-bond donors (Lipinski definition) is 1. The molecular weight excluding hydrogens is 346 g/mol. The number of anilines is 1. The Morgan fingerprint density at radius 1 is 1.19 bits per heavy atom. The van der Waals surface area contributed by atoms with Gasteiger partial charge >= 0.3 is 0 Å². The van der Waals surface area contributed by atoms with Gasteiger partial charge in [0.2, 0.25) is 17.8 Å². The van der Waals surface area contributed by atoms with Crippen LogP contribution >= 0.6 is 0 Å². The summed E-state index contributed by atoms with van der Waals surface area (Å²) in [6.07, 6.45) is 4.77. The van der Waals surface area contributed by atoms with Crippen molar-refractivity contribution < 1.29 is 9.59 Å². The second-order valence-corrected chi connectivity index (χ2v) is 8.23. The van der Waals surface area contributed by atoms with Crippen LogP contribution in [-0.2, 0) is 21.4 Å². The lowest BCUT2D eigenvalue weighted by Crippen LogP contribution is -2.51. The standard InChI is InChI=1S/C19H27N5O3/c1-22(2)18-20-16-13(17(27)21-18)6-8-19(16)7-4-10-24(12-19)15(26)11-23-9-3-5-14(23)25/h3-12H2,1-2H3,(H,20,21,27). The first kappa shape index (κ1) is 18.0. The van der Waals surface area contributed by atoms with E-state index in [1.165, 1.54) is 0 Å². The Morgan fingerprint density at radius 3 is 2.70 bits per heavy atom. The van der Waals surface area contributed by atoms with Crippen molar-refractivity contribution in [2.75, 3.05) is 45.2 Å². The number of piperidine rings is 1. The fraction of sp³-hybridized carbons (Fsp3) is 0.684. The van der Waals surface area contributed by atoms with Crippen LogP contribution in [0.1, 0.15) is 43.4 Å². The fourth-order valence-electron chi connectivity index (χ4n) is 4.73. The highest BCUT2D eigenvalue weighted by molar-refractivity contribution is 5.86. The monoisotopic (exact) mass is 373 g/mol. The first-order valence-electron chi connectivity index (χ1n) is 9.76. The summed E-state index contributed by atoms with van der Waals surface area (Å²) in [5, 5.41) is 0. The van der Waals surface area contributed by atoms with E-state index in [1.54, 1.807) is 9.80 Å². The largest absolute Gasteiger partial charge is 0.348 e. The van der Waals surface area contributed by atoms with Crippen molar-refractivity contribution in [3.63, 3.8) is 0 Å². The van der Waals surface area contributed by atoms with E-state index in [4.69, 9.17) is 4.98 Å². The van der Waals surface area contributed by atoms with E-state index in [2.05, 4.69) is 4.98 Å². The van der Waals surface area contributed by atoms with Crippen LogP contribution in [0.25, 0.3) is 0 Å². The third-order valence-corrected chi connectivity index (χ3v) is 6.21. The molecule has 8 heteroatoms. The number of aromatic nitrogens is 2. The lowest BCUT2D eigenvalue weighted by atomic mass is 9.77. The molecule has 1 aromatic heterocycles. The predicted octanol–water partition coefficient (Wildman–Crippen LogP) is 0.265. The smallest absolute Gasteiger partial charge is 0.255 e. The minimum Gasteiger partial charge on any atom is -0.348 e. The number of amides is 2. The van der Waals surface area contributed by atoms with E-state index < -0.39 is 0 Å². The van der Waals surface area contributed by atoms with Crippen molar-refractivity contribution in [3.8, 4) is 0 Å². The van der Waals surface area contributed by atoms with E-state index in [0.29, 0.717) is 38.4 Å². The number of carbonyl (C=O) groups excluding carboxylic acids is 2. The van der Waals surface area contributed by atoms with Crippen LogP contribution in [0.5, 0.6) is 0 Å². The molecule has 2 saturated heterocycles. The van der Waals surface area contributed by atoms with Crippen molar-refractivity contribution in [1.29, 1.82) is 0 Å². The van der Waals surface area contributed by atoms with Gasteiger partial charge in [0.15, 0.2) is 0 Å². The summed E-state index contributed by atoms with van der Waals surface area (Å²) in [4.78, 5) is 50.1.